The average Bonchev–Trinajstić information content (AvgIpc) is 2.52. The molecule has 1 saturated carbocycles. The van der Waals surface area contributed by atoms with Crippen LogP contribution in [0.15, 0.2) is 0 Å². The van der Waals surface area contributed by atoms with Crippen LogP contribution in [0.25, 0.3) is 0 Å². The Hall–Kier alpha value is -0.410. The molecule has 3 rings (SSSR count). The van der Waals surface area contributed by atoms with E-state index in [1.807, 2.05) is 13.8 Å². The van der Waals surface area contributed by atoms with E-state index in [1.54, 1.807) is 0 Å². The van der Waals surface area contributed by atoms with Crippen LogP contribution in [0.4, 0.5) is 0 Å². The van der Waals surface area contributed by atoms with Gasteiger partial charge in [-0.2, -0.15) is 0 Å². The number of hydrogen-bond donors (Lipinski definition) is 0. The lowest BCUT2D eigenvalue weighted by molar-refractivity contribution is -0.129. The molecular formula is C23H42N2O. The molecule has 150 valence electrons. The summed E-state index contributed by atoms with van der Waals surface area (Å²) in [6.07, 6.45) is 10.1. The van der Waals surface area contributed by atoms with Gasteiger partial charge in [0.15, 0.2) is 0 Å². The van der Waals surface area contributed by atoms with Crippen LogP contribution in [0.3, 0.4) is 0 Å². The molecule has 0 aromatic carbocycles. The molecule has 3 heteroatoms. The first-order valence-electron chi connectivity index (χ1n) is 11.4. The first-order chi connectivity index (χ1) is 12.4. The molecule has 0 bridgehead atoms. The average molecular weight is 363 g/mol. The lowest BCUT2D eigenvalue weighted by atomic mass is 9.55. The number of rotatable bonds is 9. The second kappa shape index (κ2) is 8.73. The van der Waals surface area contributed by atoms with Gasteiger partial charge in [0.1, 0.15) is 5.78 Å². The van der Waals surface area contributed by atoms with E-state index in [0.29, 0.717) is 5.78 Å². The molecule has 1 spiro atoms. The van der Waals surface area contributed by atoms with Crippen molar-refractivity contribution in [2.24, 2.45) is 23.2 Å². The molecule has 0 atom stereocenters. The topological polar surface area (TPSA) is 23.6 Å². The number of nitrogens with zero attached hydrogens (tertiary/aromatic N) is 2. The van der Waals surface area contributed by atoms with E-state index < -0.39 is 0 Å². The summed E-state index contributed by atoms with van der Waals surface area (Å²) in [6, 6.07) is 0.860. The predicted octanol–water partition coefficient (Wildman–Crippen LogP) is 4.60. The Labute approximate surface area is 161 Å². The SMILES string of the molecule is CC(C)C(=O)CCCCCN1CCC(N2CC3(CC(C(C)C)C3)C2)CC1. The second-order valence-electron chi connectivity index (χ2n) is 10.3. The van der Waals surface area contributed by atoms with Crippen molar-refractivity contribution in [1.29, 1.82) is 0 Å². The Kier molecular flexibility index (Phi) is 6.83. The number of ketones is 1. The van der Waals surface area contributed by atoms with E-state index in [0.717, 1.165) is 36.1 Å². The van der Waals surface area contributed by atoms with Gasteiger partial charge >= 0.3 is 0 Å². The molecule has 0 unspecified atom stereocenters. The standard InChI is InChI=1S/C23H42N2O/c1-18(2)20-14-23(15-20)16-25(17-23)21-9-12-24(13-10-21)11-7-5-6-8-22(26)19(3)4/h18-21H,5-17H2,1-4H3. The van der Waals surface area contributed by atoms with Crippen molar-refractivity contribution in [3.05, 3.63) is 0 Å². The monoisotopic (exact) mass is 362 g/mol. The van der Waals surface area contributed by atoms with Crippen molar-refractivity contribution in [1.82, 2.24) is 9.80 Å². The van der Waals surface area contributed by atoms with Gasteiger partial charge in [0.25, 0.3) is 0 Å². The third-order valence-corrected chi connectivity index (χ3v) is 7.53. The number of carbonyl (C=O) groups is 1. The summed E-state index contributed by atoms with van der Waals surface area (Å²) in [7, 11) is 0. The molecule has 0 radical (unpaired) electrons. The van der Waals surface area contributed by atoms with Gasteiger partial charge in [-0.05, 0) is 75.4 Å². The normalized spacial score (nSPS) is 25.0. The van der Waals surface area contributed by atoms with Crippen molar-refractivity contribution >= 4 is 5.78 Å². The first kappa shape index (κ1) is 20.3. The quantitative estimate of drug-likeness (QED) is 0.560. The molecule has 0 aromatic rings. The van der Waals surface area contributed by atoms with Gasteiger partial charge in [0.05, 0.1) is 0 Å². The van der Waals surface area contributed by atoms with Crippen molar-refractivity contribution in [2.75, 3.05) is 32.7 Å². The molecule has 3 fully saturated rings. The largest absolute Gasteiger partial charge is 0.303 e. The van der Waals surface area contributed by atoms with Crippen molar-refractivity contribution in [2.45, 2.75) is 85.1 Å². The summed E-state index contributed by atoms with van der Waals surface area (Å²) in [5, 5.41) is 0. The molecule has 1 aliphatic carbocycles. The third-order valence-electron chi connectivity index (χ3n) is 7.53. The fourth-order valence-electron chi connectivity index (χ4n) is 5.46. The number of hydrogen-bond acceptors (Lipinski definition) is 3. The summed E-state index contributed by atoms with van der Waals surface area (Å²) in [4.78, 5) is 17.1. The maximum Gasteiger partial charge on any atom is 0.135 e. The Morgan fingerprint density at radius 3 is 2.23 bits per heavy atom. The summed E-state index contributed by atoms with van der Waals surface area (Å²) >= 11 is 0. The molecule has 2 aliphatic heterocycles. The number of likely N-dealkylation sites (tertiary alicyclic amines) is 2. The maximum atomic E-state index is 11.6. The van der Waals surface area contributed by atoms with Crippen molar-refractivity contribution < 1.29 is 4.79 Å². The number of Topliss-reactive ketones (excluding diaryl/α,β-unsaturated/α-hetero) is 1. The minimum absolute atomic E-state index is 0.214. The highest BCUT2D eigenvalue weighted by Crippen LogP contribution is 2.55. The smallest absolute Gasteiger partial charge is 0.135 e. The highest BCUT2D eigenvalue weighted by atomic mass is 16.1. The molecule has 2 heterocycles. The summed E-state index contributed by atoms with van der Waals surface area (Å²) < 4.78 is 0. The Morgan fingerprint density at radius 1 is 1.00 bits per heavy atom. The molecule has 3 nitrogen and oxygen atoms in total. The molecular weight excluding hydrogens is 320 g/mol. The van der Waals surface area contributed by atoms with Gasteiger partial charge in [-0.1, -0.05) is 34.1 Å². The van der Waals surface area contributed by atoms with Gasteiger partial charge in [-0.25, -0.2) is 0 Å². The van der Waals surface area contributed by atoms with Gasteiger partial charge < -0.3 is 4.90 Å². The molecule has 0 amide bonds. The fourth-order valence-corrected chi connectivity index (χ4v) is 5.46. The van der Waals surface area contributed by atoms with E-state index in [1.165, 1.54) is 71.2 Å². The summed E-state index contributed by atoms with van der Waals surface area (Å²) in [6.45, 7) is 15.4. The van der Waals surface area contributed by atoms with Crippen LogP contribution < -0.4 is 0 Å². The van der Waals surface area contributed by atoms with E-state index in [9.17, 15) is 4.79 Å². The van der Waals surface area contributed by atoms with Gasteiger partial charge in [0, 0.05) is 31.5 Å². The molecule has 0 N–H and O–H groups in total. The number of unbranched alkanes of at least 4 members (excludes halogenated alkanes) is 2. The van der Waals surface area contributed by atoms with E-state index in [4.69, 9.17) is 0 Å². The van der Waals surface area contributed by atoms with Gasteiger partial charge in [-0.3, -0.25) is 9.69 Å². The third kappa shape index (κ3) is 4.90. The van der Waals surface area contributed by atoms with Crippen LogP contribution in [-0.4, -0.2) is 54.3 Å². The van der Waals surface area contributed by atoms with Gasteiger partial charge in [0.2, 0.25) is 0 Å². The lowest BCUT2D eigenvalue weighted by Crippen LogP contribution is -2.66. The fraction of sp³-hybridized carbons (Fsp3) is 0.957. The minimum atomic E-state index is 0.214. The summed E-state index contributed by atoms with van der Waals surface area (Å²) in [5.41, 5.74) is 0.736. The van der Waals surface area contributed by atoms with E-state index >= 15 is 0 Å². The van der Waals surface area contributed by atoms with Crippen LogP contribution in [-0.2, 0) is 4.79 Å². The van der Waals surface area contributed by atoms with Crippen molar-refractivity contribution in [3.8, 4) is 0 Å². The minimum Gasteiger partial charge on any atom is -0.303 e. The van der Waals surface area contributed by atoms with Crippen LogP contribution in [0.5, 0.6) is 0 Å². The summed E-state index contributed by atoms with van der Waals surface area (Å²) in [5.74, 6) is 2.55. The molecule has 2 saturated heterocycles. The zero-order valence-corrected chi connectivity index (χ0v) is 17.8. The number of carbonyl (C=O) groups excluding carboxylic acids is 1. The maximum absolute atomic E-state index is 11.6. The molecule has 3 aliphatic rings. The van der Waals surface area contributed by atoms with Crippen LogP contribution in [0.1, 0.15) is 79.1 Å². The van der Waals surface area contributed by atoms with Crippen LogP contribution in [0, 0.1) is 23.2 Å². The molecule has 26 heavy (non-hydrogen) atoms. The van der Waals surface area contributed by atoms with Crippen LogP contribution in [0.2, 0.25) is 0 Å². The van der Waals surface area contributed by atoms with Crippen molar-refractivity contribution in [3.63, 3.8) is 0 Å². The predicted molar refractivity (Wildman–Crippen MR) is 109 cm³/mol. The van der Waals surface area contributed by atoms with E-state index in [-0.39, 0.29) is 5.92 Å². The zero-order valence-electron chi connectivity index (χ0n) is 17.8. The Morgan fingerprint density at radius 2 is 1.65 bits per heavy atom. The van der Waals surface area contributed by atoms with E-state index in [2.05, 4.69) is 23.6 Å². The lowest BCUT2D eigenvalue weighted by Gasteiger charge is -2.62. The van der Waals surface area contributed by atoms with Gasteiger partial charge in [-0.15, -0.1) is 0 Å². The van der Waals surface area contributed by atoms with Crippen LogP contribution >= 0.6 is 0 Å². The highest BCUT2D eigenvalue weighted by molar-refractivity contribution is 5.80. The Balaban J connectivity index is 1.23. The number of piperidine rings is 1. The Bertz CT molecular complexity index is 451. The second-order valence-corrected chi connectivity index (χ2v) is 10.3. The first-order valence-corrected chi connectivity index (χ1v) is 11.4. The molecule has 0 aromatic heterocycles. The zero-order chi connectivity index (χ0) is 18.7. The highest BCUT2D eigenvalue weighted by Gasteiger charge is 2.53.